The molecule has 2 aromatic rings. The van der Waals surface area contributed by atoms with E-state index in [2.05, 4.69) is 5.32 Å². The molecule has 0 bridgehead atoms. The van der Waals surface area contributed by atoms with E-state index >= 15 is 0 Å². The third-order valence-corrected chi connectivity index (χ3v) is 3.13. The lowest BCUT2D eigenvalue weighted by atomic mass is 10.1. The SMILES string of the molecule is COc1ccc([C@@H](NCc2ccccc2)C(F)(F)F)cc1. The minimum atomic E-state index is -4.36. The largest absolute Gasteiger partial charge is 0.497 e. The molecule has 1 atom stereocenters. The van der Waals surface area contributed by atoms with E-state index in [1.165, 1.54) is 31.4 Å². The number of benzene rings is 2. The van der Waals surface area contributed by atoms with Crippen LogP contribution >= 0.6 is 0 Å². The molecule has 0 radical (unpaired) electrons. The van der Waals surface area contributed by atoms with Gasteiger partial charge < -0.3 is 4.74 Å². The lowest BCUT2D eigenvalue weighted by Gasteiger charge is -2.22. The normalized spacial score (nSPS) is 13.0. The molecule has 21 heavy (non-hydrogen) atoms. The molecule has 2 nitrogen and oxygen atoms in total. The highest BCUT2D eigenvalue weighted by atomic mass is 19.4. The van der Waals surface area contributed by atoms with Crippen LogP contribution in [0.25, 0.3) is 0 Å². The fourth-order valence-electron chi connectivity index (χ4n) is 2.03. The fraction of sp³-hybridized carbons (Fsp3) is 0.250. The van der Waals surface area contributed by atoms with E-state index < -0.39 is 12.2 Å². The standard InChI is InChI=1S/C16H16F3NO/c1-21-14-9-7-13(8-10-14)15(16(17,18)19)20-11-12-5-3-2-4-6-12/h2-10,15,20H,11H2,1H3/t15-/m1/s1. The van der Waals surface area contributed by atoms with E-state index in [9.17, 15) is 13.2 Å². The van der Waals surface area contributed by atoms with Crippen molar-refractivity contribution in [3.05, 3.63) is 65.7 Å². The Morgan fingerprint density at radius 2 is 1.62 bits per heavy atom. The molecule has 0 amide bonds. The van der Waals surface area contributed by atoms with Crippen LogP contribution in [0.15, 0.2) is 54.6 Å². The first kappa shape index (κ1) is 15.4. The van der Waals surface area contributed by atoms with Gasteiger partial charge in [-0.25, -0.2) is 0 Å². The summed E-state index contributed by atoms with van der Waals surface area (Å²) in [6.45, 7) is 0.150. The van der Waals surface area contributed by atoms with Gasteiger partial charge in [0.1, 0.15) is 11.8 Å². The van der Waals surface area contributed by atoms with Gasteiger partial charge in [-0.05, 0) is 23.3 Å². The van der Waals surface area contributed by atoms with Gasteiger partial charge >= 0.3 is 6.18 Å². The lowest BCUT2D eigenvalue weighted by molar-refractivity contribution is -0.158. The maximum atomic E-state index is 13.2. The number of ether oxygens (including phenoxy) is 1. The average molecular weight is 295 g/mol. The zero-order valence-electron chi connectivity index (χ0n) is 11.5. The minimum Gasteiger partial charge on any atom is -0.497 e. The second-order valence-electron chi connectivity index (χ2n) is 4.61. The molecule has 0 spiro atoms. The van der Waals surface area contributed by atoms with Crippen LogP contribution in [0.1, 0.15) is 17.2 Å². The molecule has 0 aliphatic heterocycles. The summed E-state index contributed by atoms with van der Waals surface area (Å²) >= 11 is 0. The van der Waals surface area contributed by atoms with Crippen LogP contribution in [0.3, 0.4) is 0 Å². The molecule has 2 aromatic carbocycles. The Morgan fingerprint density at radius 1 is 1.00 bits per heavy atom. The maximum absolute atomic E-state index is 13.2. The predicted octanol–water partition coefficient (Wildman–Crippen LogP) is 4.09. The van der Waals surface area contributed by atoms with Gasteiger partial charge in [0.05, 0.1) is 7.11 Å². The van der Waals surface area contributed by atoms with Crippen molar-refractivity contribution in [1.29, 1.82) is 0 Å². The number of hydrogen-bond donors (Lipinski definition) is 1. The molecule has 0 saturated carbocycles. The van der Waals surface area contributed by atoms with Crippen LogP contribution in [-0.2, 0) is 6.54 Å². The zero-order valence-corrected chi connectivity index (χ0v) is 11.5. The van der Waals surface area contributed by atoms with Crippen molar-refractivity contribution in [2.24, 2.45) is 0 Å². The number of halogens is 3. The molecule has 0 aromatic heterocycles. The third-order valence-electron chi connectivity index (χ3n) is 3.13. The minimum absolute atomic E-state index is 0.150. The van der Waals surface area contributed by atoms with Crippen LogP contribution in [0.5, 0.6) is 5.75 Å². The highest BCUT2D eigenvalue weighted by molar-refractivity contribution is 5.30. The molecule has 5 heteroatoms. The Bertz CT molecular complexity index is 552. The summed E-state index contributed by atoms with van der Waals surface area (Å²) in [7, 11) is 1.48. The Morgan fingerprint density at radius 3 is 2.14 bits per heavy atom. The van der Waals surface area contributed by atoms with Gasteiger partial charge in [-0.2, -0.15) is 13.2 Å². The summed E-state index contributed by atoms with van der Waals surface area (Å²) < 4.78 is 44.6. The van der Waals surface area contributed by atoms with Gasteiger partial charge in [0.15, 0.2) is 0 Å². The molecule has 0 unspecified atom stereocenters. The molecule has 2 rings (SSSR count). The first-order chi connectivity index (χ1) is 10.0. The fourth-order valence-corrected chi connectivity index (χ4v) is 2.03. The third kappa shape index (κ3) is 4.23. The maximum Gasteiger partial charge on any atom is 0.407 e. The number of alkyl halides is 3. The zero-order chi connectivity index (χ0) is 15.3. The Labute approximate surface area is 121 Å². The monoisotopic (exact) mass is 295 g/mol. The highest BCUT2D eigenvalue weighted by Gasteiger charge is 2.40. The van der Waals surface area contributed by atoms with E-state index in [0.717, 1.165) is 5.56 Å². The molecular weight excluding hydrogens is 279 g/mol. The average Bonchev–Trinajstić information content (AvgIpc) is 2.48. The second-order valence-corrected chi connectivity index (χ2v) is 4.61. The topological polar surface area (TPSA) is 21.3 Å². The van der Waals surface area contributed by atoms with Crippen LogP contribution in [0.4, 0.5) is 13.2 Å². The summed E-state index contributed by atoms with van der Waals surface area (Å²) in [5.41, 5.74) is 0.972. The van der Waals surface area contributed by atoms with Crippen molar-refractivity contribution >= 4 is 0 Å². The smallest absolute Gasteiger partial charge is 0.407 e. The molecule has 0 aliphatic rings. The van der Waals surface area contributed by atoms with Gasteiger partial charge in [-0.3, -0.25) is 5.32 Å². The van der Waals surface area contributed by atoms with Gasteiger partial charge in [-0.1, -0.05) is 42.5 Å². The Kier molecular flexibility index (Phi) is 4.85. The molecular formula is C16H16F3NO. The summed E-state index contributed by atoms with van der Waals surface area (Å²) in [5, 5.41) is 2.56. The molecule has 1 N–H and O–H groups in total. The quantitative estimate of drug-likeness (QED) is 0.897. The first-order valence-electron chi connectivity index (χ1n) is 6.48. The predicted molar refractivity (Wildman–Crippen MR) is 75.1 cm³/mol. The van der Waals surface area contributed by atoms with E-state index in [-0.39, 0.29) is 12.1 Å². The van der Waals surface area contributed by atoms with Gasteiger partial charge in [-0.15, -0.1) is 0 Å². The van der Waals surface area contributed by atoms with Crippen LogP contribution in [0.2, 0.25) is 0 Å². The number of hydrogen-bond acceptors (Lipinski definition) is 2. The molecule has 0 saturated heterocycles. The van der Waals surface area contributed by atoms with Crippen LogP contribution < -0.4 is 10.1 Å². The molecule has 112 valence electrons. The van der Waals surface area contributed by atoms with Crippen molar-refractivity contribution in [2.75, 3.05) is 7.11 Å². The summed E-state index contributed by atoms with van der Waals surface area (Å²) in [5.74, 6) is 0.530. The Hall–Kier alpha value is -2.01. The number of rotatable bonds is 5. The van der Waals surface area contributed by atoms with Crippen molar-refractivity contribution in [2.45, 2.75) is 18.8 Å². The van der Waals surface area contributed by atoms with E-state index in [4.69, 9.17) is 4.74 Å². The molecule has 0 aliphatic carbocycles. The summed E-state index contributed by atoms with van der Waals surface area (Å²) in [6, 6.07) is 13.2. The van der Waals surface area contributed by atoms with E-state index in [0.29, 0.717) is 5.75 Å². The molecule has 0 heterocycles. The van der Waals surface area contributed by atoms with Crippen molar-refractivity contribution in [1.82, 2.24) is 5.32 Å². The van der Waals surface area contributed by atoms with Crippen LogP contribution in [0, 0.1) is 0 Å². The van der Waals surface area contributed by atoms with Crippen LogP contribution in [-0.4, -0.2) is 13.3 Å². The highest BCUT2D eigenvalue weighted by Crippen LogP contribution is 2.33. The first-order valence-corrected chi connectivity index (χ1v) is 6.48. The summed E-state index contributed by atoms with van der Waals surface area (Å²) in [6.07, 6.45) is -4.36. The van der Waals surface area contributed by atoms with E-state index in [1.54, 1.807) is 24.3 Å². The van der Waals surface area contributed by atoms with Crippen molar-refractivity contribution in [3.8, 4) is 5.75 Å². The van der Waals surface area contributed by atoms with E-state index in [1.807, 2.05) is 6.07 Å². The van der Waals surface area contributed by atoms with Crippen molar-refractivity contribution < 1.29 is 17.9 Å². The number of nitrogens with one attached hydrogen (secondary N) is 1. The molecule has 0 fully saturated rings. The number of methoxy groups -OCH3 is 1. The van der Waals surface area contributed by atoms with Crippen molar-refractivity contribution in [3.63, 3.8) is 0 Å². The second kappa shape index (κ2) is 6.63. The lowest BCUT2D eigenvalue weighted by Crippen LogP contribution is -2.33. The van der Waals surface area contributed by atoms with Gasteiger partial charge in [0.25, 0.3) is 0 Å². The van der Waals surface area contributed by atoms with Gasteiger partial charge in [0, 0.05) is 6.54 Å². The Balaban J connectivity index is 2.14. The summed E-state index contributed by atoms with van der Waals surface area (Å²) in [4.78, 5) is 0. The van der Waals surface area contributed by atoms with Gasteiger partial charge in [0.2, 0.25) is 0 Å².